The molecule has 0 saturated heterocycles. The molecule has 114 valence electrons. The van der Waals surface area contributed by atoms with E-state index in [0.29, 0.717) is 12.2 Å². The number of carbonyl (C=O) groups excluding carboxylic acids is 1. The first-order valence-corrected chi connectivity index (χ1v) is 7.23. The van der Waals surface area contributed by atoms with Gasteiger partial charge in [-0.1, -0.05) is 5.11 Å². The van der Waals surface area contributed by atoms with Gasteiger partial charge in [-0.2, -0.15) is 0 Å². The van der Waals surface area contributed by atoms with Crippen molar-refractivity contribution in [1.29, 1.82) is 0 Å². The normalized spacial score (nSPS) is 16.8. The predicted octanol–water partition coefficient (Wildman–Crippen LogP) is 2.92. The Kier molecular flexibility index (Phi) is 3.89. The van der Waals surface area contributed by atoms with Crippen molar-refractivity contribution in [2.75, 3.05) is 13.7 Å². The minimum atomic E-state index is -0.0785. The van der Waals surface area contributed by atoms with E-state index in [-0.39, 0.29) is 11.9 Å². The zero-order chi connectivity index (χ0) is 15.5. The van der Waals surface area contributed by atoms with Crippen molar-refractivity contribution >= 4 is 16.8 Å². The van der Waals surface area contributed by atoms with Crippen LogP contribution in [0.1, 0.15) is 28.9 Å². The number of ether oxygens (including phenoxy) is 1. The highest BCUT2D eigenvalue weighted by Gasteiger charge is 2.27. The molecule has 1 aromatic heterocycles. The number of hydrogen-bond acceptors (Lipinski definition) is 3. The molecule has 22 heavy (non-hydrogen) atoms. The van der Waals surface area contributed by atoms with Crippen LogP contribution in [-0.4, -0.2) is 30.6 Å². The van der Waals surface area contributed by atoms with Crippen molar-refractivity contribution in [1.82, 2.24) is 10.3 Å². The van der Waals surface area contributed by atoms with E-state index in [4.69, 9.17) is 10.3 Å². The molecule has 1 amide bonds. The number of aromatic amines is 1. The molecular weight excluding hydrogens is 282 g/mol. The summed E-state index contributed by atoms with van der Waals surface area (Å²) in [5, 5.41) is 7.56. The number of H-pyrrole nitrogens is 1. The number of methoxy groups -OCH3 is 1. The third-order valence-corrected chi connectivity index (χ3v) is 4.00. The molecule has 0 radical (unpaired) electrons. The second kappa shape index (κ2) is 5.99. The first-order chi connectivity index (χ1) is 10.7. The summed E-state index contributed by atoms with van der Waals surface area (Å²) in [4.78, 5) is 18.2. The molecule has 7 heteroatoms. The Labute approximate surface area is 127 Å². The third kappa shape index (κ3) is 2.58. The smallest absolute Gasteiger partial charge is 0.268 e. The van der Waals surface area contributed by atoms with Gasteiger partial charge in [0.25, 0.3) is 5.91 Å². The molecule has 1 aliphatic heterocycles. The maximum absolute atomic E-state index is 12.3. The van der Waals surface area contributed by atoms with Crippen molar-refractivity contribution in [2.24, 2.45) is 5.11 Å². The highest BCUT2D eigenvalue weighted by molar-refractivity contribution is 6.02. The fourth-order valence-electron chi connectivity index (χ4n) is 2.94. The van der Waals surface area contributed by atoms with Gasteiger partial charge < -0.3 is 15.0 Å². The average Bonchev–Trinajstić information content (AvgIpc) is 2.90. The van der Waals surface area contributed by atoms with E-state index in [1.165, 1.54) is 0 Å². The maximum atomic E-state index is 12.3. The second-order valence-corrected chi connectivity index (χ2v) is 5.36. The summed E-state index contributed by atoms with van der Waals surface area (Å²) in [6.07, 6.45) is 2.32. The van der Waals surface area contributed by atoms with Gasteiger partial charge >= 0.3 is 0 Å². The van der Waals surface area contributed by atoms with Crippen LogP contribution in [0.4, 0.5) is 0 Å². The molecule has 1 atom stereocenters. The summed E-state index contributed by atoms with van der Waals surface area (Å²) in [7, 11) is 1.63. The molecule has 0 fully saturated rings. The molecule has 0 spiro atoms. The Bertz CT molecular complexity index is 761. The van der Waals surface area contributed by atoms with Crippen molar-refractivity contribution in [3.8, 4) is 5.75 Å². The molecule has 3 rings (SSSR count). The van der Waals surface area contributed by atoms with E-state index in [1.54, 1.807) is 7.11 Å². The first-order valence-electron chi connectivity index (χ1n) is 7.23. The Morgan fingerprint density at radius 3 is 3.14 bits per heavy atom. The highest BCUT2D eigenvalue weighted by atomic mass is 16.5. The number of amides is 1. The van der Waals surface area contributed by atoms with Crippen LogP contribution in [-0.2, 0) is 6.42 Å². The zero-order valence-corrected chi connectivity index (χ0v) is 12.3. The standard InChI is InChI=1S/C15H17N5O2/c1-22-10-4-5-13-11(8-10)12-7-9(3-2-6-17-20-16)18-15(21)14(12)19-13/h4-5,8-9,19H,2-3,6-7H2,1H3,(H,18,21). The molecular formula is C15H17N5O2. The van der Waals surface area contributed by atoms with Crippen LogP contribution >= 0.6 is 0 Å². The Morgan fingerprint density at radius 2 is 2.36 bits per heavy atom. The van der Waals surface area contributed by atoms with Crippen LogP contribution < -0.4 is 10.1 Å². The minimum Gasteiger partial charge on any atom is -0.497 e. The van der Waals surface area contributed by atoms with E-state index in [0.717, 1.165) is 41.5 Å². The summed E-state index contributed by atoms with van der Waals surface area (Å²) < 4.78 is 5.27. The summed E-state index contributed by atoms with van der Waals surface area (Å²) in [5.41, 5.74) is 10.9. The quantitative estimate of drug-likeness (QED) is 0.383. The lowest BCUT2D eigenvalue weighted by molar-refractivity contribution is 0.0918. The molecule has 1 aliphatic rings. The second-order valence-electron chi connectivity index (χ2n) is 5.36. The summed E-state index contributed by atoms with van der Waals surface area (Å²) in [6, 6.07) is 5.83. The molecule has 2 N–H and O–H groups in total. The summed E-state index contributed by atoms with van der Waals surface area (Å²) in [6.45, 7) is 0.456. The van der Waals surface area contributed by atoms with Crippen molar-refractivity contribution < 1.29 is 9.53 Å². The van der Waals surface area contributed by atoms with Gasteiger partial charge in [-0.25, -0.2) is 0 Å². The molecule has 0 bridgehead atoms. The largest absolute Gasteiger partial charge is 0.497 e. The number of benzene rings is 1. The minimum absolute atomic E-state index is 0.0686. The van der Waals surface area contributed by atoms with Crippen LogP contribution in [0.3, 0.4) is 0 Å². The van der Waals surface area contributed by atoms with E-state index >= 15 is 0 Å². The highest BCUT2D eigenvalue weighted by Crippen LogP contribution is 2.30. The number of azide groups is 1. The molecule has 2 aromatic rings. The van der Waals surface area contributed by atoms with Crippen molar-refractivity contribution in [3.05, 3.63) is 39.9 Å². The SMILES string of the molecule is COc1ccc2[nH]c3c(c2c1)CC(CCCN=[N+]=[N-])NC3=O. The zero-order valence-electron chi connectivity index (χ0n) is 12.3. The predicted molar refractivity (Wildman–Crippen MR) is 83.1 cm³/mol. The van der Waals surface area contributed by atoms with E-state index in [2.05, 4.69) is 20.3 Å². The number of aromatic nitrogens is 1. The molecule has 1 aromatic carbocycles. The van der Waals surface area contributed by atoms with Crippen LogP contribution in [0.2, 0.25) is 0 Å². The first kappa shape index (κ1) is 14.3. The number of nitrogens with zero attached hydrogens (tertiary/aromatic N) is 3. The van der Waals surface area contributed by atoms with Crippen LogP contribution in [0.5, 0.6) is 5.75 Å². The lowest BCUT2D eigenvalue weighted by Crippen LogP contribution is -2.41. The fourth-order valence-corrected chi connectivity index (χ4v) is 2.94. The van der Waals surface area contributed by atoms with E-state index in [1.807, 2.05) is 18.2 Å². The number of fused-ring (bicyclic) bond motifs is 3. The lowest BCUT2D eigenvalue weighted by Gasteiger charge is -2.23. The van der Waals surface area contributed by atoms with Gasteiger partial charge in [0.15, 0.2) is 0 Å². The Morgan fingerprint density at radius 1 is 1.50 bits per heavy atom. The maximum Gasteiger partial charge on any atom is 0.268 e. The van der Waals surface area contributed by atoms with Crippen molar-refractivity contribution in [3.63, 3.8) is 0 Å². The van der Waals surface area contributed by atoms with Gasteiger partial charge in [0.1, 0.15) is 11.4 Å². The molecule has 1 unspecified atom stereocenters. The average molecular weight is 299 g/mol. The number of hydrogen-bond donors (Lipinski definition) is 2. The number of nitrogens with one attached hydrogen (secondary N) is 2. The fraction of sp³-hybridized carbons (Fsp3) is 0.400. The lowest BCUT2D eigenvalue weighted by atomic mass is 9.95. The van der Waals surface area contributed by atoms with E-state index < -0.39 is 0 Å². The Hall–Kier alpha value is -2.66. The van der Waals surface area contributed by atoms with Crippen LogP contribution in [0.15, 0.2) is 23.3 Å². The van der Waals surface area contributed by atoms with Gasteiger partial charge in [0, 0.05) is 28.4 Å². The van der Waals surface area contributed by atoms with Gasteiger partial charge in [-0.15, -0.1) is 0 Å². The Balaban J connectivity index is 1.87. The number of rotatable bonds is 5. The number of carbonyl (C=O) groups is 1. The van der Waals surface area contributed by atoms with Gasteiger partial charge in [-0.3, -0.25) is 4.79 Å². The van der Waals surface area contributed by atoms with Gasteiger partial charge in [0.2, 0.25) is 0 Å². The third-order valence-electron chi connectivity index (χ3n) is 4.00. The topological polar surface area (TPSA) is 103 Å². The van der Waals surface area contributed by atoms with Crippen molar-refractivity contribution in [2.45, 2.75) is 25.3 Å². The monoisotopic (exact) mass is 299 g/mol. The van der Waals surface area contributed by atoms with Gasteiger partial charge in [-0.05, 0) is 48.6 Å². The summed E-state index contributed by atoms with van der Waals surface area (Å²) in [5.74, 6) is 0.699. The molecule has 2 heterocycles. The molecule has 7 nitrogen and oxygen atoms in total. The summed E-state index contributed by atoms with van der Waals surface area (Å²) >= 11 is 0. The van der Waals surface area contributed by atoms with E-state index in [9.17, 15) is 4.79 Å². The molecule has 0 saturated carbocycles. The van der Waals surface area contributed by atoms with Crippen LogP contribution in [0, 0.1) is 0 Å². The van der Waals surface area contributed by atoms with Gasteiger partial charge in [0.05, 0.1) is 7.11 Å². The van der Waals surface area contributed by atoms with Crippen LogP contribution in [0.25, 0.3) is 21.3 Å². The molecule has 0 aliphatic carbocycles.